The molecule has 2 heterocycles. The summed E-state index contributed by atoms with van der Waals surface area (Å²) in [7, 11) is 0. The highest BCUT2D eigenvalue weighted by Crippen LogP contribution is 2.24. The second-order valence-electron chi connectivity index (χ2n) is 3.42. The van der Waals surface area contributed by atoms with Crippen LogP contribution >= 0.6 is 27.3 Å². The quantitative estimate of drug-likeness (QED) is 0.691. The minimum atomic E-state index is -0.383. The van der Waals surface area contributed by atoms with Crippen LogP contribution in [-0.2, 0) is 0 Å². The van der Waals surface area contributed by atoms with Crippen molar-refractivity contribution < 1.29 is 14.0 Å². The van der Waals surface area contributed by atoms with Gasteiger partial charge in [0, 0.05) is 0 Å². The molecule has 2 aromatic rings. The Hall–Kier alpha value is -1.47. The minimum absolute atomic E-state index is 0.0523. The van der Waals surface area contributed by atoms with Crippen LogP contribution in [0.2, 0.25) is 0 Å². The number of aryl methyl sites for hydroxylation is 1. The van der Waals surface area contributed by atoms with Crippen LogP contribution in [0.15, 0.2) is 22.8 Å². The first-order valence-corrected chi connectivity index (χ1v) is 6.97. The predicted molar refractivity (Wildman–Crippen MR) is 71.6 cm³/mol. The zero-order valence-corrected chi connectivity index (χ0v) is 11.8. The molecule has 0 saturated heterocycles. The normalized spacial score (nSPS) is 10.3. The molecule has 0 aliphatic carbocycles. The summed E-state index contributed by atoms with van der Waals surface area (Å²) in [6.45, 7) is 1.73. The van der Waals surface area contributed by atoms with Gasteiger partial charge in [-0.05, 0) is 19.1 Å². The smallest absolute Gasteiger partial charge is 0.293 e. The number of Topliss-reactive ketones (excluding diaryl/α,β-unsaturated/α-hetero) is 1. The van der Waals surface area contributed by atoms with Crippen molar-refractivity contribution in [1.82, 2.24) is 4.98 Å². The average molecular weight is 329 g/mol. The highest BCUT2D eigenvalue weighted by molar-refractivity contribution is 9.09. The van der Waals surface area contributed by atoms with Gasteiger partial charge < -0.3 is 4.42 Å². The van der Waals surface area contributed by atoms with Crippen LogP contribution in [0.25, 0.3) is 0 Å². The summed E-state index contributed by atoms with van der Waals surface area (Å²) in [6.07, 6.45) is 1.42. The molecule has 0 radical (unpaired) electrons. The number of rotatable bonds is 4. The van der Waals surface area contributed by atoms with Gasteiger partial charge in [-0.25, -0.2) is 4.98 Å². The lowest BCUT2D eigenvalue weighted by molar-refractivity contribution is 0.0994. The summed E-state index contributed by atoms with van der Waals surface area (Å²) in [5.74, 6) is -0.230. The lowest BCUT2D eigenvalue weighted by Crippen LogP contribution is -2.10. The van der Waals surface area contributed by atoms with E-state index in [9.17, 15) is 9.59 Å². The van der Waals surface area contributed by atoms with Gasteiger partial charge in [0.15, 0.2) is 16.7 Å². The Morgan fingerprint density at radius 3 is 2.94 bits per heavy atom. The fourth-order valence-corrected chi connectivity index (χ4v) is 2.70. The molecule has 0 atom stereocenters. The van der Waals surface area contributed by atoms with E-state index in [-0.39, 0.29) is 22.8 Å². The molecule has 0 spiro atoms. The van der Waals surface area contributed by atoms with Gasteiger partial charge in [-0.2, -0.15) is 0 Å². The summed E-state index contributed by atoms with van der Waals surface area (Å²) >= 11 is 4.26. The van der Waals surface area contributed by atoms with Crippen molar-refractivity contribution in [1.29, 1.82) is 0 Å². The number of aromatic nitrogens is 1. The van der Waals surface area contributed by atoms with Crippen molar-refractivity contribution in [2.24, 2.45) is 0 Å². The molecule has 1 amide bonds. The molecule has 5 nitrogen and oxygen atoms in total. The van der Waals surface area contributed by atoms with Crippen LogP contribution in [0.1, 0.15) is 25.9 Å². The van der Waals surface area contributed by atoms with Crippen LogP contribution in [0.4, 0.5) is 5.13 Å². The fourth-order valence-electron chi connectivity index (χ4n) is 1.34. The minimum Gasteiger partial charge on any atom is -0.459 e. The molecule has 7 heteroatoms. The van der Waals surface area contributed by atoms with Gasteiger partial charge in [0.25, 0.3) is 5.91 Å². The fraction of sp³-hybridized carbons (Fsp3) is 0.182. The van der Waals surface area contributed by atoms with E-state index < -0.39 is 0 Å². The van der Waals surface area contributed by atoms with E-state index in [1.165, 1.54) is 6.26 Å². The number of carbonyl (C=O) groups is 2. The van der Waals surface area contributed by atoms with Gasteiger partial charge in [-0.3, -0.25) is 14.9 Å². The number of carbonyl (C=O) groups excluding carboxylic acids is 2. The lowest BCUT2D eigenvalue weighted by atomic mass is 10.3. The Morgan fingerprint density at radius 1 is 1.56 bits per heavy atom. The summed E-state index contributed by atoms with van der Waals surface area (Å²) < 4.78 is 4.96. The number of furan rings is 1. The lowest BCUT2D eigenvalue weighted by Gasteiger charge is -1.96. The second-order valence-corrected chi connectivity index (χ2v) is 4.98. The molecule has 2 rings (SSSR count). The summed E-state index contributed by atoms with van der Waals surface area (Å²) in [6, 6.07) is 3.18. The number of thiazole rings is 1. The van der Waals surface area contributed by atoms with Crippen LogP contribution in [-0.4, -0.2) is 22.0 Å². The van der Waals surface area contributed by atoms with E-state index >= 15 is 0 Å². The first-order chi connectivity index (χ1) is 8.61. The molecule has 18 heavy (non-hydrogen) atoms. The van der Waals surface area contributed by atoms with Crippen molar-refractivity contribution >= 4 is 44.1 Å². The molecular weight excluding hydrogens is 320 g/mol. The van der Waals surface area contributed by atoms with Gasteiger partial charge >= 0.3 is 0 Å². The second kappa shape index (κ2) is 5.45. The Balaban J connectivity index is 2.16. The van der Waals surface area contributed by atoms with Gasteiger partial charge in [0.2, 0.25) is 0 Å². The number of alkyl halides is 1. The zero-order chi connectivity index (χ0) is 13.1. The van der Waals surface area contributed by atoms with Crippen LogP contribution in [0, 0.1) is 6.92 Å². The molecule has 0 aliphatic heterocycles. The number of hydrogen-bond donors (Lipinski definition) is 1. The van der Waals surface area contributed by atoms with Crippen LogP contribution < -0.4 is 5.32 Å². The van der Waals surface area contributed by atoms with E-state index in [0.29, 0.717) is 15.7 Å². The maximum atomic E-state index is 11.7. The average Bonchev–Trinajstić information content (AvgIpc) is 2.97. The molecule has 2 aromatic heterocycles. The summed E-state index contributed by atoms with van der Waals surface area (Å²) in [4.78, 5) is 27.9. The first-order valence-electron chi connectivity index (χ1n) is 5.03. The number of amides is 1. The van der Waals surface area contributed by atoms with Gasteiger partial charge in [0.1, 0.15) is 0 Å². The zero-order valence-electron chi connectivity index (χ0n) is 9.40. The molecule has 94 valence electrons. The molecule has 0 aliphatic rings. The highest BCUT2D eigenvalue weighted by atomic mass is 79.9. The van der Waals surface area contributed by atoms with E-state index in [4.69, 9.17) is 4.42 Å². The maximum absolute atomic E-state index is 11.7. The third kappa shape index (κ3) is 2.68. The Kier molecular flexibility index (Phi) is 3.93. The standard InChI is InChI=1S/C11H9BrN2O3S/c1-6-9(7(15)5-12)18-11(13-6)14-10(16)8-3-2-4-17-8/h2-4H,5H2,1H3,(H,13,14,16). The number of nitrogens with one attached hydrogen (secondary N) is 1. The number of anilines is 1. The number of hydrogen-bond acceptors (Lipinski definition) is 5. The third-order valence-corrected chi connectivity index (χ3v) is 3.76. The maximum Gasteiger partial charge on any atom is 0.293 e. The van der Waals surface area contributed by atoms with Gasteiger partial charge in [-0.1, -0.05) is 27.3 Å². The van der Waals surface area contributed by atoms with E-state index in [1.807, 2.05) is 0 Å². The van der Waals surface area contributed by atoms with Crippen LogP contribution in [0.3, 0.4) is 0 Å². The van der Waals surface area contributed by atoms with Gasteiger partial charge in [0.05, 0.1) is 22.2 Å². The van der Waals surface area contributed by atoms with Crippen molar-refractivity contribution in [2.75, 3.05) is 10.6 Å². The molecule has 0 saturated carbocycles. The largest absolute Gasteiger partial charge is 0.459 e. The van der Waals surface area contributed by atoms with Crippen molar-refractivity contribution in [3.05, 3.63) is 34.7 Å². The monoisotopic (exact) mass is 328 g/mol. The Morgan fingerprint density at radius 2 is 2.33 bits per heavy atom. The predicted octanol–water partition coefficient (Wildman–Crippen LogP) is 2.87. The van der Waals surface area contributed by atoms with Crippen molar-refractivity contribution in [3.8, 4) is 0 Å². The third-order valence-electron chi connectivity index (χ3n) is 2.14. The van der Waals surface area contributed by atoms with Gasteiger partial charge in [-0.15, -0.1) is 0 Å². The molecule has 0 unspecified atom stereocenters. The van der Waals surface area contributed by atoms with E-state index in [0.717, 1.165) is 11.3 Å². The van der Waals surface area contributed by atoms with Crippen molar-refractivity contribution in [2.45, 2.75) is 6.92 Å². The summed E-state index contributed by atoms with van der Waals surface area (Å²) in [5, 5.41) is 3.22. The summed E-state index contributed by atoms with van der Waals surface area (Å²) in [5.41, 5.74) is 0.610. The number of nitrogens with zero attached hydrogens (tertiary/aromatic N) is 1. The van der Waals surface area contributed by atoms with Crippen LogP contribution in [0.5, 0.6) is 0 Å². The van der Waals surface area contributed by atoms with Crippen molar-refractivity contribution in [3.63, 3.8) is 0 Å². The Bertz CT molecular complexity index is 577. The molecule has 0 aromatic carbocycles. The number of ketones is 1. The number of halogens is 1. The molecular formula is C11H9BrN2O3S. The highest BCUT2D eigenvalue weighted by Gasteiger charge is 2.16. The molecule has 0 bridgehead atoms. The molecule has 0 fully saturated rings. The SMILES string of the molecule is Cc1nc(NC(=O)c2ccco2)sc1C(=O)CBr. The molecule has 1 N–H and O–H groups in total. The van der Waals surface area contributed by atoms with E-state index in [2.05, 4.69) is 26.2 Å². The van der Waals surface area contributed by atoms with E-state index in [1.54, 1.807) is 19.1 Å². The Labute approximate surface area is 115 Å². The topological polar surface area (TPSA) is 72.2 Å². The first kappa shape index (κ1) is 13.0.